The van der Waals surface area contributed by atoms with Crippen LogP contribution in [-0.4, -0.2) is 75.3 Å². The van der Waals surface area contributed by atoms with Crippen LogP contribution in [0.1, 0.15) is 20.5 Å². The molecule has 0 spiro atoms. The van der Waals surface area contributed by atoms with E-state index in [-0.39, 0.29) is 5.91 Å². The van der Waals surface area contributed by atoms with Crippen LogP contribution in [0.2, 0.25) is 0 Å². The predicted octanol–water partition coefficient (Wildman–Crippen LogP) is -0.684. The van der Waals surface area contributed by atoms with Gasteiger partial charge in [0.25, 0.3) is 5.91 Å². The maximum atomic E-state index is 12.1. The van der Waals surface area contributed by atoms with Gasteiger partial charge in [0.2, 0.25) is 0 Å². The summed E-state index contributed by atoms with van der Waals surface area (Å²) in [6.07, 6.45) is 2.38. The second kappa shape index (κ2) is 8.27. The third-order valence-corrected chi connectivity index (χ3v) is 4.72. The van der Waals surface area contributed by atoms with E-state index < -0.39 is 0 Å². The van der Waals surface area contributed by atoms with Crippen molar-refractivity contribution in [2.24, 2.45) is 0 Å². The number of hydrogen-bond acceptors (Lipinski definition) is 8. The summed E-state index contributed by atoms with van der Waals surface area (Å²) < 4.78 is 1.73. The molecular weight excluding hydrogens is 328 g/mol. The smallest absolute Gasteiger partial charge is 0.273 e. The number of amides is 1. The monoisotopic (exact) mass is 350 g/mol. The molecule has 2 N–H and O–H groups in total. The Morgan fingerprint density at radius 1 is 1.29 bits per heavy atom. The molecule has 130 valence electrons. The zero-order valence-corrected chi connectivity index (χ0v) is 14.6. The van der Waals surface area contributed by atoms with Crippen molar-refractivity contribution in [3.05, 3.63) is 21.9 Å². The van der Waals surface area contributed by atoms with Crippen LogP contribution in [0.25, 0.3) is 0 Å². The molecule has 0 aromatic carbocycles. The van der Waals surface area contributed by atoms with Gasteiger partial charge in [-0.05, 0) is 6.92 Å². The molecule has 1 fully saturated rings. The number of aromatic nitrogens is 5. The third kappa shape index (κ3) is 4.79. The van der Waals surface area contributed by atoms with Crippen molar-refractivity contribution in [3.63, 3.8) is 0 Å². The summed E-state index contributed by atoms with van der Waals surface area (Å²) in [5.74, 6) is -0.204. The fraction of sp³-hybridized carbons (Fsp3) is 0.643. The van der Waals surface area contributed by atoms with E-state index in [1.165, 1.54) is 0 Å². The highest BCUT2D eigenvalue weighted by molar-refractivity contribution is 7.11. The standard InChI is InChI=1S/C14H22N8OS/c1-11-17-19-13(24-11)2-3-16-14(23)12-10-22(20-18-12)9-8-21-6-4-15-5-7-21/h10,15H,2-9H2,1H3,(H,16,23). The summed E-state index contributed by atoms with van der Waals surface area (Å²) in [6, 6.07) is 0. The molecule has 24 heavy (non-hydrogen) atoms. The fourth-order valence-electron chi connectivity index (χ4n) is 2.50. The molecule has 1 aliphatic rings. The predicted molar refractivity (Wildman–Crippen MR) is 90.0 cm³/mol. The lowest BCUT2D eigenvalue weighted by Gasteiger charge is -2.26. The Morgan fingerprint density at radius 3 is 2.88 bits per heavy atom. The van der Waals surface area contributed by atoms with Crippen LogP contribution in [0.3, 0.4) is 0 Å². The normalized spacial score (nSPS) is 15.5. The molecule has 3 rings (SSSR count). The molecule has 0 aliphatic carbocycles. The number of piperazine rings is 1. The molecule has 2 aromatic heterocycles. The van der Waals surface area contributed by atoms with Gasteiger partial charge in [-0.15, -0.1) is 26.6 Å². The lowest BCUT2D eigenvalue weighted by molar-refractivity contribution is 0.0949. The second-order valence-corrected chi connectivity index (χ2v) is 6.95. The first-order chi connectivity index (χ1) is 11.7. The number of rotatable bonds is 7. The van der Waals surface area contributed by atoms with Crippen LogP contribution < -0.4 is 10.6 Å². The minimum Gasteiger partial charge on any atom is -0.350 e. The molecule has 0 unspecified atom stereocenters. The number of aryl methyl sites for hydroxylation is 1. The molecule has 0 atom stereocenters. The Bertz CT molecular complexity index is 663. The topological polar surface area (TPSA) is 101 Å². The van der Waals surface area contributed by atoms with E-state index in [2.05, 4.69) is 36.0 Å². The molecule has 2 aromatic rings. The second-order valence-electron chi connectivity index (χ2n) is 5.68. The van der Waals surface area contributed by atoms with Gasteiger partial charge in [-0.25, -0.2) is 0 Å². The number of carbonyl (C=O) groups is 1. The first-order valence-electron chi connectivity index (χ1n) is 8.11. The summed E-state index contributed by atoms with van der Waals surface area (Å²) >= 11 is 1.54. The van der Waals surface area contributed by atoms with Gasteiger partial charge < -0.3 is 10.6 Å². The lowest BCUT2D eigenvalue weighted by atomic mass is 10.3. The average molecular weight is 350 g/mol. The Morgan fingerprint density at radius 2 is 2.12 bits per heavy atom. The molecule has 1 amide bonds. The van der Waals surface area contributed by atoms with Crippen LogP contribution in [0.4, 0.5) is 0 Å². The Hall–Kier alpha value is -1.91. The van der Waals surface area contributed by atoms with Crippen molar-refractivity contribution < 1.29 is 4.79 Å². The van der Waals surface area contributed by atoms with E-state index in [1.807, 2.05) is 6.92 Å². The van der Waals surface area contributed by atoms with Crippen LogP contribution in [0, 0.1) is 6.92 Å². The zero-order chi connectivity index (χ0) is 16.8. The van der Waals surface area contributed by atoms with Gasteiger partial charge in [-0.3, -0.25) is 14.4 Å². The summed E-state index contributed by atoms with van der Waals surface area (Å²) in [4.78, 5) is 14.5. The summed E-state index contributed by atoms with van der Waals surface area (Å²) in [6.45, 7) is 8.24. The number of nitrogens with zero attached hydrogens (tertiary/aromatic N) is 6. The SMILES string of the molecule is Cc1nnc(CCNC(=O)c2cn(CCN3CCNCC3)nn2)s1. The van der Waals surface area contributed by atoms with Gasteiger partial charge in [0, 0.05) is 45.7 Å². The zero-order valence-electron chi connectivity index (χ0n) is 13.7. The van der Waals surface area contributed by atoms with Crippen LogP contribution in [0.15, 0.2) is 6.20 Å². The van der Waals surface area contributed by atoms with Crippen LogP contribution >= 0.6 is 11.3 Å². The molecule has 1 aliphatic heterocycles. The van der Waals surface area contributed by atoms with Gasteiger partial charge in [0.15, 0.2) is 5.69 Å². The van der Waals surface area contributed by atoms with E-state index in [9.17, 15) is 4.79 Å². The number of carbonyl (C=O) groups excluding carboxylic acids is 1. The van der Waals surface area contributed by atoms with Crippen molar-refractivity contribution in [1.29, 1.82) is 0 Å². The minimum atomic E-state index is -0.204. The Labute approximate surface area is 144 Å². The first kappa shape index (κ1) is 16.9. The molecule has 0 saturated carbocycles. The van der Waals surface area contributed by atoms with E-state index in [0.717, 1.165) is 49.3 Å². The van der Waals surface area contributed by atoms with E-state index in [1.54, 1.807) is 22.2 Å². The van der Waals surface area contributed by atoms with Crippen LogP contribution in [-0.2, 0) is 13.0 Å². The quantitative estimate of drug-likeness (QED) is 0.682. The van der Waals surface area contributed by atoms with E-state index in [0.29, 0.717) is 18.7 Å². The highest BCUT2D eigenvalue weighted by Gasteiger charge is 2.13. The minimum absolute atomic E-state index is 0.204. The molecule has 10 heteroatoms. The summed E-state index contributed by atoms with van der Waals surface area (Å²) in [5, 5.41) is 24.0. The third-order valence-electron chi connectivity index (χ3n) is 3.82. The van der Waals surface area contributed by atoms with E-state index >= 15 is 0 Å². The van der Waals surface area contributed by atoms with Crippen molar-refractivity contribution in [2.45, 2.75) is 19.9 Å². The molecule has 3 heterocycles. The summed E-state index contributed by atoms with van der Waals surface area (Å²) in [5.41, 5.74) is 0.351. The molecule has 0 radical (unpaired) electrons. The Balaban J connectivity index is 1.41. The van der Waals surface area contributed by atoms with Crippen molar-refractivity contribution >= 4 is 17.2 Å². The highest BCUT2D eigenvalue weighted by Crippen LogP contribution is 2.07. The number of hydrogen-bond donors (Lipinski definition) is 2. The lowest BCUT2D eigenvalue weighted by Crippen LogP contribution is -2.44. The molecular formula is C14H22N8OS. The molecule has 1 saturated heterocycles. The first-order valence-corrected chi connectivity index (χ1v) is 8.93. The van der Waals surface area contributed by atoms with E-state index in [4.69, 9.17) is 0 Å². The van der Waals surface area contributed by atoms with Crippen LogP contribution in [0.5, 0.6) is 0 Å². The van der Waals surface area contributed by atoms with Gasteiger partial charge in [0.05, 0.1) is 12.7 Å². The maximum Gasteiger partial charge on any atom is 0.273 e. The van der Waals surface area contributed by atoms with Gasteiger partial charge in [-0.1, -0.05) is 5.21 Å². The summed E-state index contributed by atoms with van der Waals surface area (Å²) in [7, 11) is 0. The van der Waals surface area contributed by atoms with Crippen molar-refractivity contribution in [1.82, 2.24) is 40.7 Å². The van der Waals surface area contributed by atoms with Gasteiger partial charge in [-0.2, -0.15) is 0 Å². The largest absolute Gasteiger partial charge is 0.350 e. The Kier molecular flexibility index (Phi) is 5.83. The van der Waals surface area contributed by atoms with Crippen molar-refractivity contribution in [3.8, 4) is 0 Å². The molecule has 9 nitrogen and oxygen atoms in total. The van der Waals surface area contributed by atoms with Crippen molar-refractivity contribution in [2.75, 3.05) is 39.3 Å². The maximum absolute atomic E-state index is 12.1. The highest BCUT2D eigenvalue weighted by atomic mass is 32.1. The van der Waals surface area contributed by atoms with Gasteiger partial charge >= 0.3 is 0 Å². The number of nitrogens with one attached hydrogen (secondary N) is 2. The van der Waals surface area contributed by atoms with Gasteiger partial charge in [0.1, 0.15) is 10.0 Å². The fourth-order valence-corrected chi connectivity index (χ4v) is 3.21. The average Bonchev–Trinajstić information content (AvgIpc) is 3.23. The molecule has 0 bridgehead atoms.